The minimum absolute atomic E-state index is 0.0372. The van der Waals surface area contributed by atoms with E-state index in [4.69, 9.17) is 4.74 Å². The molecule has 100 valence electrons. The fourth-order valence-electron chi connectivity index (χ4n) is 1.90. The molecule has 1 rings (SSSR count). The van der Waals surface area contributed by atoms with Crippen molar-refractivity contribution in [2.45, 2.75) is 26.3 Å². The highest BCUT2D eigenvalue weighted by Crippen LogP contribution is 2.09. The lowest BCUT2D eigenvalue weighted by atomic mass is 10.1. The van der Waals surface area contributed by atoms with Gasteiger partial charge in [-0.1, -0.05) is 33.1 Å². The highest BCUT2D eigenvalue weighted by Gasteiger charge is 2.13. The molecule has 0 heterocycles. The zero-order valence-electron chi connectivity index (χ0n) is 11.1. The lowest BCUT2D eigenvalue weighted by molar-refractivity contribution is 0.0895. The van der Waals surface area contributed by atoms with Gasteiger partial charge in [-0.3, -0.25) is 4.79 Å². The summed E-state index contributed by atoms with van der Waals surface area (Å²) in [5.74, 6) is -0.0372. The van der Waals surface area contributed by atoms with Gasteiger partial charge in [-0.15, -0.1) is 0 Å². The second-order valence-electron chi connectivity index (χ2n) is 4.48. The minimum atomic E-state index is -0.0372. The van der Waals surface area contributed by atoms with Gasteiger partial charge in [0.1, 0.15) is 0 Å². The molecular weight excluding hydrogens is 294 g/mol. The molecule has 0 radical (unpaired) electrons. The van der Waals surface area contributed by atoms with Gasteiger partial charge in [-0.25, -0.2) is 0 Å². The number of carbonyl (C=O) groups is 1. The van der Waals surface area contributed by atoms with Crippen LogP contribution in [0.2, 0.25) is 0 Å². The molecule has 0 aromatic heterocycles. The molecule has 0 saturated carbocycles. The van der Waals surface area contributed by atoms with Crippen molar-refractivity contribution in [3.05, 3.63) is 34.9 Å². The Morgan fingerprint density at radius 3 is 2.44 bits per heavy atom. The molecule has 3 nitrogen and oxygen atoms in total. The molecule has 0 aliphatic rings. The third kappa shape index (κ3) is 4.78. The van der Waals surface area contributed by atoms with Gasteiger partial charge in [0.15, 0.2) is 0 Å². The number of carbonyl (C=O) groups excluding carboxylic acids is 1. The summed E-state index contributed by atoms with van der Waals surface area (Å²) in [5, 5.41) is 3.84. The van der Waals surface area contributed by atoms with Crippen molar-refractivity contribution < 1.29 is 9.53 Å². The van der Waals surface area contributed by atoms with E-state index in [9.17, 15) is 4.79 Å². The van der Waals surface area contributed by atoms with Gasteiger partial charge < -0.3 is 10.1 Å². The lowest BCUT2D eigenvalue weighted by Crippen LogP contribution is -2.38. The van der Waals surface area contributed by atoms with Gasteiger partial charge in [-0.05, 0) is 32.4 Å². The SMILES string of the molecule is COCC(CCBr)NC(=O)c1cc(C)cc(C)c1. The van der Waals surface area contributed by atoms with Crippen molar-refractivity contribution in [1.29, 1.82) is 0 Å². The second kappa shape index (κ2) is 7.54. The van der Waals surface area contributed by atoms with Crippen molar-refractivity contribution in [3.63, 3.8) is 0 Å². The van der Waals surface area contributed by atoms with Gasteiger partial charge in [0.25, 0.3) is 5.91 Å². The number of benzene rings is 1. The quantitative estimate of drug-likeness (QED) is 0.820. The Morgan fingerprint density at radius 2 is 1.94 bits per heavy atom. The number of hydrogen-bond donors (Lipinski definition) is 1. The summed E-state index contributed by atoms with van der Waals surface area (Å²) < 4.78 is 5.11. The molecule has 1 aromatic carbocycles. The first-order valence-corrected chi connectivity index (χ1v) is 7.13. The van der Waals surface area contributed by atoms with Crippen LogP contribution in [0.1, 0.15) is 27.9 Å². The van der Waals surface area contributed by atoms with Crippen molar-refractivity contribution in [2.75, 3.05) is 19.0 Å². The van der Waals surface area contributed by atoms with Crippen LogP contribution >= 0.6 is 15.9 Å². The highest BCUT2D eigenvalue weighted by molar-refractivity contribution is 9.09. The number of ether oxygens (including phenoxy) is 1. The van der Waals surface area contributed by atoms with Crippen LogP contribution in [0.4, 0.5) is 0 Å². The Kier molecular flexibility index (Phi) is 6.36. The molecule has 1 unspecified atom stereocenters. The third-order valence-electron chi connectivity index (χ3n) is 2.64. The Bertz CT molecular complexity index is 381. The number of halogens is 1. The van der Waals surface area contributed by atoms with Crippen molar-refractivity contribution in [1.82, 2.24) is 5.32 Å². The Hall–Kier alpha value is -0.870. The molecule has 0 fully saturated rings. The summed E-state index contributed by atoms with van der Waals surface area (Å²) in [4.78, 5) is 12.1. The normalized spacial score (nSPS) is 12.2. The van der Waals surface area contributed by atoms with E-state index in [1.165, 1.54) is 0 Å². The zero-order valence-corrected chi connectivity index (χ0v) is 12.7. The first-order chi connectivity index (χ1) is 8.56. The van der Waals surface area contributed by atoms with Crippen LogP contribution in [-0.4, -0.2) is 31.0 Å². The summed E-state index contributed by atoms with van der Waals surface area (Å²) in [6, 6.07) is 5.91. The maximum atomic E-state index is 12.1. The van der Waals surface area contributed by atoms with Crippen LogP contribution in [0.3, 0.4) is 0 Å². The number of nitrogens with one attached hydrogen (secondary N) is 1. The molecular formula is C14H20BrNO2. The number of rotatable bonds is 6. The molecule has 0 aliphatic carbocycles. The fourth-order valence-corrected chi connectivity index (χ4v) is 2.46. The third-order valence-corrected chi connectivity index (χ3v) is 3.10. The van der Waals surface area contributed by atoms with Gasteiger partial charge in [-0.2, -0.15) is 0 Å². The van der Waals surface area contributed by atoms with Crippen LogP contribution < -0.4 is 5.32 Å². The van der Waals surface area contributed by atoms with Crippen LogP contribution in [0, 0.1) is 13.8 Å². The predicted octanol–water partition coefficient (Wildman–Crippen LogP) is 2.83. The van der Waals surface area contributed by atoms with E-state index >= 15 is 0 Å². The summed E-state index contributed by atoms with van der Waals surface area (Å²) in [5.41, 5.74) is 2.91. The van der Waals surface area contributed by atoms with E-state index in [0.29, 0.717) is 12.2 Å². The fraction of sp³-hybridized carbons (Fsp3) is 0.500. The van der Waals surface area contributed by atoms with Crippen molar-refractivity contribution in [3.8, 4) is 0 Å². The van der Waals surface area contributed by atoms with E-state index in [-0.39, 0.29) is 11.9 Å². The van der Waals surface area contributed by atoms with Crippen LogP contribution in [0.25, 0.3) is 0 Å². The van der Waals surface area contributed by atoms with Crippen molar-refractivity contribution in [2.24, 2.45) is 0 Å². The largest absolute Gasteiger partial charge is 0.383 e. The van der Waals surface area contributed by atoms with E-state index in [1.54, 1.807) is 7.11 Å². The molecule has 1 N–H and O–H groups in total. The van der Waals surface area contributed by atoms with Gasteiger partial charge >= 0.3 is 0 Å². The number of methoxy groups -OCH3 is 1. The first kappa shape index (κ1) is 15.2. The minimum Gasteiger partial charge on any atom is -0.383 e. The monoisotopic (exact) mass is 313 g/mol. The molecule has 0 spiro atoms. The molecule has 0 saturated heterocycles. The van der Waals surface area contributed by atoms with Crippen LogP contribution in [0.15, 0.2) is 18.2 Å². The highest BCUT2D eigenvalue weighted by atomic mass is 79.9. The molecule has 1 amide bonds. The molecule has 0 aliphatic heterocycles. The zero-order chi connectivity index (χ0) is 13.5. The molecule has 0 bridgehead atoms. The Morgan fingerprint density at radius 1 is 1.33 bits per heavy atom. The second-order valence-corrected chi connectivity index (χ2v) is 5.27. The Labute approximate surface area is 117 Å². The lowest BCUT2D eigenvalue weighted by Gasteiger charge is -2.17. The van der Waals surface area contributed by atoms with Gasteiger partial charge in [0.05, 0.1) is 12.6 Å². The number of alkyl halides is 1. The number of aryl methyl sites for hydroxylation is 2. The topological polar surface area (TPSA) is 38.3 Å². The standard InChI is InChI=1S/C14H20BrNO2/c1-10-6-11(2)8-12(7-10)14(17)16-13(4-5-15)9-18-3/h6-8,13H,4-5,9H2,1-3H3,(H,16,17). The number of amides is 1. The number of hydrogen-bond acceptors (Lipinski definition) is 2. The molecule has 18 heavy (non-hydrogen) atoms. The average Bonchev–Trinajstić information content (AvgIpc) is 2.28. The maximum absolute atomic E-state index is 12.1. The van der Waals surface area contributed by atoms with E-state index in [0.717, 1.165) is 22.9 Å². The smallest absolute Gasteiger partial charge is 0.251 e. The molecule has 1 aromatic rings. The molecule has 4 heteroatoms. The van der Waals surface area contributed by atoms with E-state index < -0.39 is 0 Å². The van der Waals surface area contributed by atoms with Gasteiger partial charge in [0, 0.05) is 18.0 Å². The van der Waals surface area contributed by atoms with E-state index in [1.807, 2.05) is 26.0 Å². The first-order valence-electron chi connectivity index (χ1n) is 6.01. The maximum Gasteiger partial charge on any atom is 0.251 e. The average molecular weight is 314 g/mol. The van der Waals surface area contributed by atoms with Gasteiger partial charge in [0.2, 0.25) is 0 Å². The van der Waals surface area contributed by atoms with Crippen LogP contribution in [0.5, 0.6) is 0 Å². The Balaban J connectivity index is 2.73. The van der Waals surface area contributed by atoms with E-state index in [2.05, 4.69) is 27.3 Å². The predicted molar refractivity (Wildman–Crippen MR) is 77.5 cm³/mol. The van der Waals surface area contributed by atoms with Crippen LogP contribution in [-0.2, 0) is 4.74 Å². The summed E-state index contributed by atoms with van der Waals surface area (Å²) in [6.07, 6.45) is 0.852. The molecule has 1 atom stereocenters. The summed E-state index contributed by atoms with van der Waals surface area (Å²) >= 11 is 3.38. The van der Waals surface area contributed by atoms with Crippen molar-refractivity contribution >= 4 is 21.8 Å². The summed E-state index contributed by atoms with van der Waals surface area (Å²) in [7, 11) is 1.64. The summed E-state index contributed by atoms with van der Waals surface area (Å²) in [6.45, 7) is 4.52.